The molecule has 1 fully saturated rings. The van der Waals surface area contributed by atoms with Crippen LogP contribution in [0.1, 0.15) is 41.6 Å². The number of hydrogen-bond donors (Lipinski definition) is 1. The van der Waals surface area contributed by atoms with Crippen molar-refractivity contribution in [3.05, 3.63) is 70.0 Å². The molecular weight excluding hydrogens is 325 g/mol. The SMILES string of the molecule is Fc1cc(Cl)ccc1[C@@H]1C=Cc2cccc(C3CCNCC3)c2O1. The smallest absolute Gasteiger partial charge is 0.145 e. The summed E-state index contributed by atoms with van der Waals surface area (Å²) >= 11 is 5.86. The number of rotatable bonds is 2. The van der Waals surface area contributed by atoms with Crippen molar-refractivity contribution in [1.29, 1.82) is 0 Å². The van der Waals surface area contributed by atoms with Crippen molar-refractivity contribution in [1.82, 2.24) is 5.32 Å². The van der Waals surface area contributed by atoms with Crippen molar-refractivity contribution in [2.24, 2.45) is 0 Å². The highest BCUT2D eigenvalue weighted by atomic mass is 35.5. The molecule has 2 heterocycles. The summed E-state index contributed by atoms with van der Waals surface area (Å²) in [6, 6.07) is 11.0. The first kappa shape index (κ1) is 15.7. The van der Waals surface area contributed by atoms with E-state index < -0.39 is 6.10 Å². The molecule has 2 aliphatic heterocycles. The Balaban J connectivity index is 1.68. The molecule has 124 valence electrons. The zero-order valence-electron chi connectivity index (χ0n) is 13.3. The van der Waals surface area contributed by atoms with Crippen LogP contribution in [0.5, 0.6) is 5.75 Å². The molecule has 0 amide bonds. The fourth-order valence-electron chi connectivity index (χ4n) is 3.55. The minimum absolute atomic E-state index is 0.333. The average molecular weight is 344 g/mol. The number of piperidine rings is 1. The van der Waals surface area contributed by atoms with Gasteiger partial charge in [0.05, 0.1) is 0 Å². The van der Waals surface area contributed by atoms with Gasteiger partial charge in [-0.3, -0.25) is 0 Å². The zero-order valence-corrected chi connectivity index (χ0v) is 14.0. The van der Waals surface area contributed by atoms with Gasteiger partial charge in [0.2, 0.25) is 0 Å². The van der Waals surface area contributed by atoms with Crippen LogP contribution < -0.4 is 10.1 Å². The van der Waals surface area contributed by atoms with Gasteiger partial charge in [0.25, 0.3) is 0 Å². The number of fused-ring (bicyclic) bond motifs is 1. The third-order valence-electron chi connectivity index (χ3n) is 4.82. The van der Waals surface area contributed by atoms with E-state index >= 15 is 0 Å². The molecule has 2 nitrogen and oxygen atoms in total. The van der Waals surface area contributed by atoms with Gasteiger partial charge in [-0.05, 0) is 55.6 Å². The molecule has 2 aromatic rings. The standard InChI is InChI=1S/C20H19ClFNO/c21-15-5-6-17(18(22)12-15)19-7-4-14-2-1-3-16(20(14)24-19)13-8-10-23-11-9-13/h1-7,12-13,19,23H,8-11H2/t19-/m0/s1. The van der Waals surface area contributed by atoms with Gasteiger partial charge >= 0.3 is 0 Å². The lowest BCUT2D eigenvalue weighted by Crippen LogP contribution is -2.27. The molecule has 0 radical (unpaired) electrons. The monoisotopic (exact) mass is 343 g/mol. The van der Waals surface area contributed by atoms with E-state index in [4.69, 9.17) is 16.3 Å². The van der Waals surface area contributed by atoms with E-state index in [2.05, 4.69) is 17.4 Å². The summed E-state index contributed by atoms with van der Waals surface area (Å²) < 4.78 is 20.5. The molecule has 0 aromatic heterocycles. The van der Waals surface area contributed by atoms with Crippen molar-refractivity contribution in [2.75, 3.05) is 13.1 Å². The second kappa shape index (κ2) is 6.58. The Morgan fingerprint density at radius 2 is 1.92 bits per heavy atom. The maximum atomic E-state index is 14.3. The second-order valence-electron chi connectivity index (χ2n) is 6.35. The second-order valence-corrected chi connectivity index (χ2v) is 6.79. The summed E-state index contributed by atoms with van der Waals surface area (Å²) in [7, 11) is 0. The minimum atomic E-state index is -0.419. The number of halogens is 2. The molecule has 0 spiro atoms. The van der Waals surface area contributed by atoms with Gasteiger partial charge in [-0.1, -0.05) is 41.9 Å². The summed E-state index contributed by atoms with van der Waals surface area (Å²) in [6.45, 7) is 2.05. The molecule has 0 unspecified atom stereocenters. The molecule has 24 heavy (non-hydrogen) atoms. The number of benzene rings is 2. The van der Waals surface area contributed by atoms with Gasteiger partial charge in [-0.15, -0.1) is 0 Å². The summed E-state index contributed by atoms with van der Waals surface area (Å²) in [6.07, 6.45) is 5.72. The lowest BCUT2D eigenvalue weighted by Gasteiger charge is -2.29. The average Bonchev–Trinajstić information content (AvgIpc) is 2.61. The van der Waals surface area contributed by atoms with Crippen LogP contribution in [0.2, 0.25) is 5.02 Å². The summed E-state index contributed by atoms with van der Waals surface area (Å²) in [5.74, 6) is 1.05. The van der Waals surface area contributed by atoms with Gasteiger partial charge in [-0.25, -0.2) is 4.39 Å². The van der Waals surface area contributed by atoms with Gasteiger partial charge in [0.15, 0.2) is 0 Å². The van der Waals surface area contributed by atoms with Crippen LogP contribution in [-0.4, -0.2) is 13.1 Å². The highest BCUT2D eigenvalue weighted by Crippen LogP contribution is 2.41. The lowest BCUT2D eigenvalue weighted by molar-refractivity contribution is 0.240. The zero-order chi connectivity index (χ0) is 16.5. The molecular formula is C20H19ClFNO. The van der Waals surface area contributed by atoms with E-state index in [9.17, 15) is 4.39 Å². The van der Waals surface area contributed by atoms with Crippen LogP contribution in [0.15, 0.2) is 42.5 Å². The van der Waals surface area contributed by atoms with Crippen molar-refractivity contribution in [2.45, 2.75) is 24.9 Å². The maximum Gasteiger partial charge on any atom is 0.145 e. The maximum absolute atomic E-state index is 14.3. The fraction of sp³-hybridized carbons (Fsp3) is 0.300. The number of nitrogens with one attached hydrogen (secondary N) is 1. The molecule has 0 aliphatic carbocycles. The Morgan fingerprint density at radius 1 is 1.08 bits per heavy atom. The Hall–Kier alpha value is -1.84. The number of hydrogen-bond acceptors (Lipinski definition) is 2. The minimum Gasteiger partial charge on any atom is -0.481 e. The number of ether oxygens (including phenoxy) is 1. The largest absolute Gasteiger partial charge is 0.481 e. The third kappa shape index (κ3) is 2.94. The Kier molecular flexibility index (Phi) is 4.30. The van der Waals surface area contributed by atoms with Crippen molar-refractivity contribution in [3.8, 4) is 5.75 Å². The topological polar surface area (TPSA) is 21.3 Å². The molecule has 2 aromatic carbocycles. The van der Waals surface area contributed by atoms with Crippen molar-refractivity contribution >= 4 is 17.7 Å². The van der Waals surface area contributed by atoms with E-state index in [1.54, 1.807) is 12.1 Å². The first-order valence-electron chi connectivity index (χ1n) is 8.36. The van der Waals surface area contributed by atoms with Gasteiger partial charge < -0.3 is 10.1 Å². The van der Waals surface area contributed by atoms with E-state index in [0.29, 0.717) is 16.5 Å². The molecule has 4 rings (SSSR count). The highest BCUT2D eigenvalue weighted by molar-refractivity contribution is 6.30. The van der Waals surface area contributed by atoms with Crippen molar-refractivity contribution in [3.63, 3.8) is 0 Å². The molecule has 1 saturated heterocycles. The van der Waals surface area contributed by atoms with Crippen molar-refractivity contribution < 1.29 is 9.13 Å². The van der Waals surface area contributed by atoms with Crippen LogP contribution in [0, 0.1) is 5.82 Å². The first-order chi connectivity index (χ1) is 11.7. The summed E-state index contributed by atoms with van der Waals surface area (Å²) in [4.78, 5) is 0. The number of para-hydroxylation sites is 1. The van der Waals surface area contributed by atoms with Crippen LogP contribution in [-0.2, 0) is 0 Å². The molecule has 2 aliphatic rings. The molecule has 4 heteroatoms. The van der Waals surface area contributed by atoms with Gasteiger partial charge in [0, 0.05) is 16.1 Å². The van der Waals surface area contributed by atoms with E-state index in [1.165, 1.54) is 11.6 Å². The quantitative estimate of drug-likeness (QED) is 0.819. The molecule has 0 saturated carbocycles. The summed E-state index contributed by atoms with van der Waals surface area (Å²) in [5.41, 5.74) is 2.82. The lowest BCUT2D eigenvalue weighted by atomic mass is 9.87. The van der Waals surface area contributed by atoms with E-state index in [1.807, 2.05) is 18.2 Å². The fourth-order valence-corrected chi connectivity index (χ4v) is 3.71. The third-order valence-corrected chi connectivity index (χ3v) is 5.05. The van der Waals surface area contributed by atoms with Crippen LogP contribution in [0.4, 0.5) is 4.39 Å². The van der Waals surface area contributed by atoms with E-state index in [0.717, 1.165) is 37.2 Å². The summed E-state index contributed by atoms with van der Waals surface area (Å²) in [5, 5.41) is 3.79. The van der Waals surface area contributed by atoms with Gasteiger partial charge in [0.1, 0.15) is 17.7 Å². The molecule has 0 bridgehead atoms. The van der Waals surface area contributed by atoms with E-state index in [-0.39, 0.29) is 5.82 Å². The highest BCUT2D eigenvalue weighted by Gasteiger charge is 2.25. The molecule has 1 atom stereocenters. The van der Waals surface area contributed by atoms with Crippen LogP contribution >= 0.6 is 11.6 Å². The van der Waals surface area contributed by atoms with Crippen LogP contribution in [0.25, 0.3) is 6.08 Å². The Bertz CT molecular complexity index is 783. The van der Waals surface area contributed by atoms with Crippen LogP contribution in [0.3, 0.4) is 0 Å². The predicted octanol–water partition coefficient (Wildman–Crippen LogP) is 5.09. The Morgan fingerprint density at radius 3 is 2.71 bits per heavy atom. The normalized spacial score (nSPS) is 20.5. The van der Waals surface area contributed by atoms with Gasteiger partial charge in [-0.2, -0.15) is 0 Å². The first-order valence-corrected chi connectivity index (χ1v) is 8.73. The predicted molar refractivity (Wildman–Crippen MR) is 95.1 cm³/mol. The Labute approximate surface area is 146 Å². The molecule has 1 N–H and O–H groups in total.